The summed E-state index contributed by atoms with van der Waals surface area (Å²) in [6.45, 7) is -0.399. The molecule has 0 spiro atoms. The van der Waals surface area contributed by atoms with Crippen LogP contribution in [-0.2, 0) is 9.59 Å². The standard InChI is InChI=1S/C19H13N3O5/c20-9-10-21-16(13-7-4-8-14(11-13)22(26)27)15(18(24)19(21)25)17(23)12-5-2-1-3-6-12/h1-8,11,16,23H,10H2/b17-15+. The molecule has 1 heterocycles. The summed E-state index contributed by atoms with van der Waals surface area (Å²) >= 11 is 0. The van der Waals surface area contributed by atoms with E-state index in [-0.39, 0.29) is 16.8 Å². The van der Waals surface area contributed by atoms with Crippen LogP contribution < -0.4 is 0 Å². The Labute approximate surface area is 153 Å². The lowest BCUT2D eigenvalue weighted by Crippen LogP contribution is -2.30. The van der Waals surface area contributed by atoms with Gasteiger partial charge in [0, 0.05) is 17.7 Å². The number of amides is 1. The number of hydrogen-bond donors (Lipinski definition) is 1. The third-order valence-electron chi connectivity index (χ3n) is 4.23. The van der Waals surface area contributed by atoms with Crippen molar-refractivity contribution in [1.82, 2.24) is 4.90 Å². The minimum absolute atomic E-state index is 0.207. The monoisotopic (exact) mass is 363 g/mol. The second-order valence-electron chi connectivity index (χ2n) is 5.80. The van der Waals surface area contributed by atoms with Gasteiger partial charge in [0.25, 0.3) is 17.4 Å². The summed E-state index contributed by atoms with van der Waals surface area (Å²) < 4.78 is 0. The fraction of sp³-hybridized carbons (Fsp3) is 0.105. The van der Waals surface area contributed by atoms with Crippen molar-refractivity contribution < 1.29 is 19.6 Å². The molecule has 8 heteroatoms. The SMILES string of the molecule is N#CCN1C(=O)C(=O)/C(=C(/O)c2ccccc2)C1c1cccc([N+](=O)[O-])c1. The van der Waals surface area contributed by atoms with Crippen LogP contribution in [0.1, 0.15) is 17.2 Å². The number of nitro benzene ring substituents is 1. The molecule has 1 unspecified atom stereocenters. The molecule has 1 fully saturated rings. The van der Waals surface area contributed by atoms with E-state index < -0.39 is 35.0 Å². The van der Waals surface area contributed by atoms with Crippen LogP contribution in [0.4, 0.5) is 5.69 Å². The summed E-state index contributed by atoms with van der Waals surface area (Å²) in [7, 11) is 0. The average molecular weight is 363 g/mol. The average Bonchev–Trinajstić information content (AvgIpc) is 2.93. The van der Waals surface area contributed by atoms with Crippen molar-refractivity contribution in [3.63, 3.8) is 0 Å². The first-order valence-corrected chi connectivity index (χ1v) is 7.91. The van der Waals surface area contributed by atoms with Gasteiger partial charge in [-0.25, -0.2) is 0 Å². The van der Waals surface area contributed by atoms with Gasteiger partial charge >= 0.3 is 0 Å². The van der Waals surface area contributed by atoms with Crippen LogP contribution in [0, 0.1) is 21.4 Å². The maximum atomic E-state index is 12.6. The molecule has 0 aliphatic carbocycles. The molecular formula is C19H13N3O5. The highest BCUT2D eigenvalue weighted by Crippen LogP contribution is 2.39. The molecular weight excluding hydrogens is 350 g/mol. The van der Waals surface area contributed by atoms with Gasteiger partial charge in [-0.05, 0) is 5.56 Å². The number of nitriles is 1. The van der Waals surface area contributed by atoms with E-state index >= 15 is 0 Å². The summed E-state index contributed by atoms with van der Waals surface area (Å²) in [6, 6.07) is 14.3. The fourth-order valence-corrected chi connectivity index (χ4v) is 3.03. The highest BCUT2D eigenvalue weighted by molar-refractivity contribution is 6.46. The van der Waals surface area contributed by atoms with Crippen molar-refractivity contribution >= 4 is 23.1 Å². The molecule has 2 aromatic carbocycles. The Morgan fingerprint density at radius 2 is 1.89 bits per heavy atom. The number of non-ortho nitro benzene ring substituents is 1. The number of aliphatic hydroxyl groups excluding tert-OH is 1. The maximum absolute atomic E-state index is 12.6. The molecule has 1 atom stereocenters. The zero-order valence-electron chi connectivity index (χ0n) is 13.9. The Balaban J connectivity index is 2.23. The maximum Gasteiger partial charge on any atom is 0.296 e. The van der Waals surface area contributed by atoms with Crippen LogP contribution in [0.3, 0.4) is 0 Å². The predicted octanol–water partition coefficient (Wildman–Crippen LogP) is 2.54. The molecule has 8 nitrogen and oxygen atoms in total. The van der Waals surface area contributed by atoms with Crippen LogP contribution in [0.15, 0.2) is 60.2 Å². The van der Waals surface area contributed by atoms with Gasteiger partial charge in [-0.15, -0.1) is 0 Å². The molecule has 0 saturated carbocycles. The normalized spacial score (nSPS) is 18.3. The Kier molecular flexibility index (Phi) is 4.68. The van der Waals surface area contributed by atoms with Crippen LogP contribution in [0.2, 0.25) is 0 Å². The highest BCUT2D eigenvalue weighted by atomic mass is 16.6. The summed E-state index contributed by atoms with van der Waals surface area (Å²) in [5.74, 6) is -2.28. The number of benzene rings is 2. The molecule has 1 saturated heterocycles. The molecule has 1 aliphatic rings. The number of rotatable bonds is 4. The third-order valence-corrected chi connectivity index (χ3v) is 4.23. The highest BCUT2D eigenvalue weighted by Gasteiger charge is 2.46. The summed E-state index contributed by atoms with van der Waals surface area (Å²) in [6.07, 6.45) is 0. The lowest BCUT2D eigenvalue weighted by atomic mass is 9.95. The molecule has 3 rings (SSSR count). The van der Waals surface area contributed by atoms with Gasteiger partial charge in [-0.3, -0.25) is 19.7 Å². The number of nitro groups is 1. The second-order valence-corrected chi connectivity index (χ2v) is 5.80. The van der Waals surface area contributed by atoms with Gasteiger partial charge < -0.3 is 10.0 Å². The Morgan fingerprint density at radius 3 is 2.52 bits per heavy atom. The first-order valence-electron chi connectivity index (χ1n) is 7.91. The molecule has 0 aromatic heterocycles. The molecule has 0 radical (unpaired) electrons. The number of likely N-dealkylation sites (tertiary alicyclic amines) is 1. The zero-order valence-corrected chi connectivity index (χ0v) is 13.9. The smallest absolute Gasteiger partial charge is 0.296 e. The lowest BCUT2D eigenvalue weighted by Gasteiger charge is -2.22. The van der Waals surface area contributed by atoms with Crippen LogP contribution >= 0.6 is 0 Å². The minimum Gasteiger partial charge on any atom is -0.507 e. The topological polar surface area (TPSA) is 125 Å². The van der Waals surface area contributed by atoms with E-state index in [0.29, 0.717) is 5.56 Å². The van der Waals surface area contributed by atoms with Gasteiger partial charge in [-0.1, -0.05) is 42.5 Å². The Morgan fingerprint density at radius 1 is 1.19 bits per heavy atom. The van der Waals surface area contributed by atoms with Crippen molar-refractivity contribution in [2.24, 2.45) is 0 Å². The van der Waals surface area contributed by atoms with E-state index in [2.05, 4.69) is 0 Å². The summed E-state index contributed by atoms with van der Waals surface area (Å²) in [4.78, 5) is 36.4. The molecule has 1 N–H and O–H groups in total. The van der Waals surface area contributed by atoms with E-state index in [1.807, 2.05) is 6.07 Å². The number of nitrogens with zero attached hydrogens (tertiary/aromatic N) is 3. The minimum atomic E-state index is -1.09. The van der Waals surface area contributed by atoms with Crippen molar-refractivity contribution in [3.8, 4) is 6.07 Å². The largest absolute Gasteiger partial charge is 0.507 e. The predicted molar refractivity (Wildman–Crippen MR) is 94.2 cm³/mol. The third kappa shape index (κ3) is 3.14. The number of carbonyl (C=O) groups is 2. The second kappa shape index (κ2) is 7.09. The number of hydrogen-bond acceptors (Lipinski definition) is 6. The Bertz CT molecular complexity index is 1010. The first-order chi connectivity index (χ1) is 13.0. The van der Waals surface area contributed by atoms with Gasteiger partial charge in [0.05, 0.1) is 22.6 Å². The van der Waals surface area contributed by atoms with Crippen molar-refractivity contribution in [1.29, 1.82) is 5.26 Å². The zero-order chi connectivity index (χ0) is 19.6. The van der Waals surface area contributed by atoms with E-state index in [1.54, 1.807) is 30.3 Å². The van der Waals surface area contributed by atoms with Crippen LogP contribution in [0.5, 0.6) is 0 Å². The van der Waals surface area contributed by atoms with Gasteiger partial charge in [-0.2, -0.15) is 5.26 Å². The van der Waals surface area contributed by atoms with Crippen LogP contribution in [-0.4, -0.2) is 33.2 Å². The fourth-order valence-electron chi connectivity index (χ4n) is 3.03. The molecule has 1 amide bonds. The molecule has 1 aliphatic heterocycles. The molecule has 2 aromatic rings. The number of carbonyl (C=O) groups excluding carboxylic acids is 2. The molecule has 27 heavy (non-hydrogen) atoms. The van der Waals surface area contributed by atoms with Gasteiger partial charge in [0.2, 0.25) is 0 Å². The van der Waals surface area contributed by atoms with E-state index in [9.17, 15) is 24.8 Å². The van der Waals surface area contributed by atoms with Gasteiger partial charge in [0.15, 0.2) is 0 Å². The van der Waals surface area contributed by atoms with Crippen molar-refractivity contribution in [3.05, 3.63) is 81.4 Å². The van der Waals surface area contributed by atoms with E-state index in [4.69, 9.17) is 5.26 Å². The summed E-state index contributed by atoms with van der Waals surface area (Å²) in [5.41, 5.74) is 0.149. The Hall–Kier alpha value is -3.99. The van der Waals surface area contributed by atoms with Crippen molar-refractivity contribution in [2.45, 2.75) is 6.04 Å². The number of Topliss-reactive ketones (excluding diaryl/α,β-unsaturated/α-hetero) is 1. The molecule has 0 bridgehead atoms. The summed E-state index contributed by atoms with van der Waals surface area (Å²) in [5, 5.41) is 30.8. The first kappa shape index (κ1) is 17.8. The van der Waals surface area contributed by atoms with E-state index in [0.717, 1.165) is 4.90 Å². The number of ketones is 1. The van der Waals surface area contributed by atoms with Crippen molar-refractivity contribution in [2.75, 3.05) is 6.54 Å². The van der Waals surface area contributed by atoms with Crippen LogP contribution in [0.25, 0.3) is 5.76 Å². The number of aliphatic hydroxyl groups is 1. The lowest BCUT2D eigenvalue weighted by molar-refractivity contribution is -0.384. The van der Waals surface area contributed by atoms with E-state index in [1.165, 1.54) is 24.3 Å². The van der Waals surface area contributed by atoms with Gasteiger partial charge in [0.1, 0.15) is 12.3 Å². The molecule has 134 valence electrons. The quantitative estimate of drug-likeness (QED) is 0.222.